The number of amides is 1. The number of hydrogen-bond donors (Lipinski definition) is 1. The van der Waals surface area contributed by atoms with E-state index in [9.17, 15) is 14.3 Å². The van der Waals surface area contributed by atoms with Gasteiger partial charge in [0.1, 0.15) is 11.6 Å². The van der Waals surface area contributed by atoms with Gasteiger partial charge in [-0.15, -0.1) is 11.8 Å². The molecule has 2 aliphatic rings. The Labute approximate surface area is 174 Å². The molecule has 2 saturated heterocycles. The van der Waals surface area contributed by atoms with Crippen molar-refractivity contribution in [1.29, 1.82) is 0 Å². The van der Waals surface area contributed by atoms with Crippen molar-refractivity contribution in [1.82, 2.24) is 9.80 Å². The molecule has 2 atom stereocenters. The minimum Gasteiger partial charge on any atom is -0.508 e. The predicted octanol–water partition coefficient (Wildman–Crippen LogP) is 3.13. The van der Waals surface area contributed by atoms with Crippen molar-refractivity contribution in [3.8, 4) is 5.75 Å². The van der Waals surface area contributed by atoms with E-state index >= 15 is 0 Å². The highest BCUT2D eigenvalue weighted by Crippen LogP contribution is 2.35. The van der Waals surface area contributed by atoms with Crippen molar-refractivity contribution in [2.75, 3.05) is 32.8 Å². The van der Waals surface area contributed by atoms with Gasteiger partial charge in [-0.25, -0.2) is 4.39 Å². The molecule has 0 aromatic heterocycles. The molecular formula is C22H25FN2O3S. The van der Waals surface area contributed by atoms with Crippen molar-refractivity contribution in [3.63, 3.8) is 0 Å². The topological polar surface area (TPSA) is 53.0 Å². The Morgan fingerprint density at radius 3 is 2.59 bits per heavy atom. The molecule has 154 valence electrons. The number of carbonyl (C=O) groups excluding carboxylic acids is 1. The standard InChI is InChI=1S/C22H25FN2O3S/c23-17-5-7-18(8-6-17)29-19-13-20(22(27)24-9-11-28-12-10-24)25(15-19)14-16-3-1-2-4-21(16)26/h1-8,19-20,26H,9-15H2/t19-,20+/m1/s1. The number of para-hydroxylation sites is 1. The summed E-state index contributed by atoms with van der Waals surface area (Å²) in [5.74, 6) is 0.132. The van der Waals surface area contributed by atoms with Crippen LogP contribution in [0.5, 0.6) is 5.75 Å². The van der Waals surface area contributed by atoms with Crippen molar-refractivity contribution >= 4 is 17.7 Å². The Morgan fingerprint density at radius 2 is 1.86 bits per heavy atom. The van der Waals surface area contributed by atoms with Crippen LogP contribution in [-0.4, -0.2) is 65.0 Å². The summed E-state index contributed by atoms with van der Waals surface area (Å²) in [6, 6.07) is 13.5. The smallest absolute Gasteiger partial charge is 0.240 e. The molecule has 29 heavy (non-hydrogen) atoms. The van der Waals surface area contributed by atoms with Crippen LogP contribution in [0.1, 0.15) is 12.0 Å². The summed E-state index contributed by atoms with van der Waals surface area (Å²) in [5.41, 5.74) is 0.819. The fourth-order valence-corrected chi connectivity index (χ4v) is 5.16. The van der Waals surface area contributed by atoms with E-state index in [4.69, 9.17) is 4.74 Å². The second-order valence-electron chi connectivity index (χ2n) is 7.44. The van der Waals surface area contributed by atoms with E-state index < -0.39 is 0 Å². The zero-order valence-corrected chi connectivity index (χ0v) is 17.0. The first-order valence-corrected chi connectivity index (χ1v) is 10.8. The number of hydrogen-bond acceptors (Lipinski definition) is 5. The van der Waals surface area contributed by atoms with Crippen LogP contribution in [0, 0.1) is 5.82 Å². The van der Waals surface area contributed by atoms with Crippen LogP contribution in [0.25, 0.3) is 0 Å². The zero-order chi connectivity index (χ0) is 20.2. The Morgan fingerprint density at radius 1 is 1.14 bits per heavy atom. The van der Waals surface area contributed by atoms with E-state index in [1.807, 2.05) is 17.0 Å². The molecule has 0 bridgehead atoms. The molecule has 2 aromatic carbocycles. The first kappa shape index (κ1) is 20.2. The van der Waals surface area contributed by atoms with Gasteiger partial charge in [0.15, 0.2) is 0 Å². The molecule has 2 aromatic rings. The third-order valence-corrected chi connectivity index (χ3v) is 6.67. The molecule has 7 heteroatoms. The second kappa shape index (κ2) is 9.15. The molecule has 2 fully saturated rings. The number of phenolic OH excluding ortho intramolecular Hbond substituents is 1. The third-order valence-electron chi connectivity index (χ3n) is 5.45. The first-order chi connectivity index (χ1) is 14.1. The maximum atomic E-state index is 13.2. The molecule has 0 aliphatic carbocycles. The number of phenols is 1. The van der Waals surface area contributed by atoms with Gasteiger partial charge in [0.05, 0.1) is 19.3 Å². The Kier molecular flexibility index (Phi) is 6.37. The highest BCUT2D eigenvalue weighted by Gasteiger charge is 2.39. The van der Waals surface area contributed by atoms with E-state index in [1.165, 1.54) is 12.1 Å². The van der Waals surface area contributed by atoms with E-state index in [2.05, 4.69) is 4.90 Å². The number of nitrogens with zero attached hydrogens (tertiary/aromatic N) is 2. The van der Waals surface area contributed by atoms with Gasteiger partial charge in [-0.1, -0.05) is 18.2 Å². The lowest BCUT2D eigenvalue weighted by Crippen LogP contribution is -2.49. The highest BCUT2D eigenvalue weighted by molar-refractivity contribution is 8.00. The normalized spacial score (nSPS) is 22.7. The van der Waals surface area contributed by atoms with Gasteiger partial charge < -0.3 is 14.7 Å². The zero-order valence-electron chi connectivity index (χ0n) is 16.2. The van der Waals surface area contributed by atoms with Crippen molar-refractivity contribution in [3.05, 3.63) is 59.9 Å². The number of aromatic hydroxyl groups is 1. The minimum atomic E-state index is -0.248. The second-order valence-corrected chi connectivity index (χ2v) is 8.81. The van der Waals surface area contributed by atoms with Gasteiger partial charge in [0.25, 0.3) is 0 Å². The monoisotopic (exact) mass is 416 g/mol. The van der Waals surface area contributed by atoms with Crippen molar-refractivity contribution in [2.24, 2.45) is 0 Å². The lowest BCUT2D eigenvalue weighted by atomic mass is 10.1. The van der Waals surface area contributed by atoms with E-state index in [0.717, 1.165) is 23.4 Å². The first-order valence-electron chi connectivity index (χ1n) is 9.90. The third kappa shape index (κ3) is 4.91. The fourth-order valence-electron chi connectivity index (χ4n) is 3.94. The Hall–Kier alpha value is -2.09. The summed E-state index contributed by atoms with van der Waals surface area (Å²) < 4.78 is 18.6. The summed E-state index contributed by atoms with van der Waals surface area (Å²) in [7, 11) is 0. The summed E-state index contributed by atoms with van der Waals surface area (Å²) >= 11 is 1.68. The number of rotatable bonds is 5. The summed E-state index contributed by atoms with van der Waals surface area (Å²) in [4.78, 5) is 18.3. The van der Waals surface area contributed by atoms with Crippen LogP contribution < -0.4 is 0 Å². The molecule has 1 amide bonds. The average molecular weight is 417 g/mol. The number of morpholine rings is 1. The van der Waals surface area contributed by atoms with E-state index in [1.54, 1.807) is 36.0 Å². The minimum absolute atomic E-state index is 0.130. The molecular weight excluding hydrogens is 391 g/mol. The largest absolute Gasteiger partial charge is 0.508 e. The maximum Gasteiger partial charge on any atom is 0.240 e. The molecule has 0 unspecified atom stereocenters. The van der Waals surface area contributed by atoms with Gasteiger partial charge in [-0.3, -0.25) is 9.69 Å². The predicted molar refractivity (Wildman–Crippen MR) is 110 cm³/mol. The molecule has 4 rings (SSSR count). The number of likely N-dealkylation sites (tertiary alicyclic amines) is 1. The van der Waals surface area contributed by atoms with E-state index in [-0.39, 0.29) is 28.8 Å². The molecule has 0 radical (unpaired) electrons. The SMILES string of the molecule is O=C([C@@H]1C[C@@H](Sc2ccc(F)cc2)CN1Cc1ccccc1O)N1CCOCC1. The van der Waals surface area contributed by atoms with Gasteiger partial charge >= 0.3 is 0 Å². The van der Waals surface area contributed by atoms with Gasteiger partial charge in [-0.05, 0) is 36.8 Å². The number of thioether (sulfide) groups is 1. The molecule has 0 saturated carbocycles. The molecule has 2 heterocycles. The number of benzene rings is 2. The molecule has 5 nitrogen and oxygen atoms in total. The van der Waals surface area contributed by atoms with Crippen LogP contribution in [-0.2, 0) is 16.1 Å². The van der Waals surface area contributed by atoms with Gasteiger partial charge in [-0.2, -0.15) is 0 Å². The summed E-state index contributed by atoms with van der Waals surface area (Å²) in [6.45, 7) is 3.65. The lowest BCUT2D eigenvalue weighted by Gasteiger charge is -2.32. The van der Waals surface area contributed by atoms with Gasteiger partial charge in [0, 0.05) is 41.9 Å². The fraction of sp³-hybridized carbons (Fsp3) is 0.409. The van der Waals surface area contributed by atoms with Crippen LogP contribution >= 0.6 is 11.8 Å². The number of ether oxygens (including phenoxy) is 1. The van der Waals surface area contributed by atoms with Crippen LogP contribution in [0.4, 0.5) is 4.39 Å². The Balaban J connectivity index is 1.51. The Bertz CT molecular complexity index is 842. The van der Waals surface area contributed by atoms with Crippen LogP contribution in [0.2, 0.25) is 0 Å². The highest BCUT2D eigenvalue weighted by atomic mass is 32.2. The molecule has 0 spiro atoms. The van der Waals surface area contributed by atoms with Crippen molar-refractivity contribution in [2.45, 2.75) is 29.2 Å². The number of halogens is 1. The molecule has 2 aliphatic heterocycles. The lowest BCUT2D eigenvalue weighted by molar-refractivity contribution is -0.140. The quantitative estimate of drug-likeness (QED) is 0.812. The van der Waals surface area contributed by atoms with E-state index in [0.29, 0.717) is 32.8 Å². The summed E-state index contributed by atoms with van der Waals surface area (Å²) in [5, 5.41) is 10.4. The summed E-state index contributed by atoms with van der Waals surface area (Å²) in [6.07, 6.45) is 0.728. The molecule has 1 N–H and O–H groups in total. The number of carbonyl (C=O) groups is 1. The van der Waals surface area contributed by atoms with Gasteiger partial charge in [0.2, 0.25) is 5.91 Å². The average Bonchev–Trinajstić information content (AvgIpc) is 3.13. The van der Waals surface area contributed by atoms with Crippen LogP contribution in [0.15, 0.2) is 53.4 Å². The maximum absolute atomic E-state index is 13.2. The van der Waals surface area contributed by atoms with Crippen LogP contribution in [0.3, 0.4) is 0 Å². The van der Waals surface area contributed by atoms with Crippen molar-refractivity contribution < 1.29 is 19.0 Å².